The first-order valence-electron chi connectivity index (χ1n) is 5.62. The quantitative estimate of drug-likeness (QED) is 0.524. The molecule has 3 heteroatoms. The van der Waals surface area contributed by atoms with Crippen molar-refractivity contribution in [3.8, 4) is 0 Å². The Balaban J connectivity index is 2.20. The molecule has 2 N–H and O–H groups in total. The van der Waals surface area contributed by atoms with Gasteiger partial charge in [0.05, 0.1) is 12.0 Å². The van der Waals surface area contributed by atoms with Crippen molar-refractivity contribution in [1.82, 2.24) is 0 Å². The van der Waals surface area contributed by atoms with Gasteiger partial charge in [-0.1, -0.05) is 26.2 Å². The molecule has 0 aromatic carbocycles. The molecule has 0 heterocycles. The van der Waals surface area contributed by atoms with Gasteiger partial charge in [-0.3, -0.25) is 4.79 Å². The second-order valence-corrected chi connectivity index (χ2v) is 4.18. The SMILES string of the molecule is CCCCCOC(=O)C1(CN)CCC1. The zero-order valence-electron chi connectivity index (χ0n) is 9.05. The Labute approximate surface area is 86.0 Å². The van der Waals surface area contributed by atoms with Crippen molar-refractivity contribution in [3.05, 3.63) is 0 Å². The maximum Gasteiger partial charge on any atom is 0.313 e. The van der Waals surface area contributed by atoms with Crippen LogP contribution in [0.15, 0.2) is 0 Å². The van der Waals surface area contributed by atoms with Crippen LogP contribution in [0.1, 0.15) is 45.4 Å². The standard InChI is InChI=1S/C11H21NO2/c1-2-3-4-8-14-10(13)11(9-12)6-5-7-11/h2-9,12H2,1H3. The van der Waals surface area contributed by atoms with Crippen LogP contribution in [0, 0.1) is 5.41 Å². The third kappa shape index (κ3) is 2.47. The smallest absolute Gasteiger partial charge is 0.313 e. The highest BCUT2D eigenvalue weighted by atomic mass is 16.5. The molecule has 1 fully saturated rings. The summed E-state index contributed by atoms with van der Waals surface area (Å²) in [4.78, 5) is 11.6. The Morgan fingerprint density at radius 1 is 1.43 bits per heavy atom. The Kier molecular flexibility index (Phi) is 4.39. The predicted molar refractivity (Wildman–Crippen MR) is 55.8 cm³/mol. The molecule has 82 valence electrons. The summed E-state index contributed by atoms with van der Waals surface area (Å²) >= 11 is 0. The molecule has 3 nitrogen and oxygen atoms in total. The number of carbonyl (C=O) groups is 1. The van der Waals surface area contributed by atoms with Crippen LogP contribution in [-0.2, 0) is 9.53 Å². The van der Waals surface area contributed by atoms with Crippen LogP contribution in [0.4, 0.5) is 0 Å². The number of rotatable bonds is 6. The van der Waals surface area contributed by atoms with Gasteiger partial charge >= 0.3 is 5.97 Å². The van der Waals surface area contributed by atoms with Gasteiger partial charge in [-0.2, -0.15) is 0 Å². The topological polar surface area (TPSA) is 52.3 Å². The van der Waals surface area contributed by atoms with Crippen molar-refractivity contribution in [2.45, 2.75) is 45.4 Å². The molecule has 0 aromatic rings. The first kappa shape index (κ1) is 11.5. The van der Waals surface area contributed by atoms with Crippen LogP contribution in [-0.4, -0.2) is 19.1 Å². The van der Waals surface area contributed by atoms with Crippen LogP contribution in [0.3, 0.4) is 0 Å². The van der Waals surface area contributed by atoms with E-state index in [-0.39, 0.29) is 11.4 Å². The molecule has 0 amide bonds. The first-order chi connectivity index (χ1) is 6.75. The molecule has 0 bridgehead atoms. The molecular formula is C11H21NO2. The molecule has 1 aliphatic rings. The molecule has 0 aromatic heterocycles. The fraction of sp³-hybridized carbons (Fsp3) is 0.909. The van der Waals surface area contributed by atoms with E-state index in [1.54, 1.807) is 0 Å². The summed E-state index contributed by atoms with van der Waals surface area (Å²) in [5.74, 6) is -0.0673. The Morgan fingerprint density at radius 2 is 2.14 bits per heavy atom. The number of esters is 1. The van der Waals surface area contributed by atoms with Gasteiger partial charge in [0.25, 0.3) is 0 Å². The summed E-state index contributed by atoms with van der Waals surface area (Å²) in [5, 5.41) is 0. The Bertz CT molecular complexity index is 182. The van der Waals surface area contributed by atoms with Crippen molar-refractivity contribution >= 4 is 5.97 Å². The number of ether oxygens (including phenoxy) is 1. The number of carbonyl (C=O) groups excluding carboxylic acids is 1. The molecule has 1 aliphatic carbocycles. The second kappa shape index (κ2) is 5.35. The molecule has 1 rings (SSSR count). The largest absolute Gasteiger partial charge is 0.465 e. The lowest BCUT2D eigenvalue weighted by molar-refractivity contribution is -0.160. The number of hydrogen-bond acceptors (Lipinski definition) is 3. The predicted octanol–water partition coefficient (Wildman–Crippen LogP) is 1.85. The van der Waals surface area contributed by atoms with Gasteiger partial charge in [0.15, 0.2) is 0 Å². The van der Waals surface area contributed by atoms with Gasteiger partial charge < -0.3 is 10.5 Å². The van der Waals surface area contributed by atoms with Crippen molar-refractivity contribution in [1.29, 1.82) is 0 Å². The van der Waals surface area contributed by atoms with Gasteiger partial charge in [0.2, 0.25) is 0 Å². The van der Waals surface area contributed by atoms with Crippen LogP contribution < -0.4 is 5.73 Å². The minimum Gasteiger partial charge on any atom is -0.465 e. The normalized spacial score (nSPS) is 18.7. The molecule has 0 radical (unpaired) electrons. The fourth-order valence-electron chi connectivity index (χ4n) is 1.77. The average Bonchev–Trinajstić information content (AvgIpc) is 2.12. The lowest BCUT2D eigenvalue weighted by atomic mass is 9.69. The maximum absolute atomic E-state index is 11.6. The van der Waals surface area contributed by atoms with Gasteiger partial charge in [0, 0.05) is 6.54 Å². The molecule has 0 atom stereocenters. The van der Waals surface area contributed by atoms with Crippen LogP contribution in [0.25, 0.3) is 0 Å². The number of nitrogens with two attached hydrogens (primary N) is 1. The van der Waals surface area contributed by atoms with Crippen molar-refractivity contribution in [2.75, 3.05) is 13.2 Å². The van der Waals surface area contributed by atoms with E-state index in [4.69, 9.17) is 10.5 Å². The molecule has 14 heavy (non-hydrogen) atoms. The van der Waals surface area contributed by atoms with Crippen LogP contribution >= 0.6 is 0 Å². The van der Waals surface area contributed by atoms with E-state index in [0.717, 1.165) is 38.5 Å². The lowest BCUT2D eigenvalue weighted by Gasteiger charge is -2.37. The van der Waals surface area contributed by atoms with E-state index >= 15 is 0 Å². The summed E-state index contributed by atoms with van der Waals surface area (Å²) in [5.41, 5.74) is 5.29. The fourth-order valence-corrected chi connectivity index (χ4v) is 1.77. The Morgan fingerprint density at radius 3 is 2.57 bits per heavy atom. The summed E-state index contributed by atoms with van der Waals surface area (Å²) in [7, 11) is 0. The van der Waals surface area contributed by atoms with Crippen LogP contribution in [0.5, 0.6) is 0 Å². The van der Waals surface area contributed by atoms with Gasteiger partial charge in [-0.15, -0.1) is 0 Å². The summed E-state index contributed by atoms with van der Waals surface area (Å²) in [6.07, 6.45) is 6.19. The zero-order chi connectivity index (χ0) is 10.4. The van der Waals surface area contributed by atoms with E-state index in [2.05, 4.69) is 6.92 Å². The average molecular weight is 199 g/mol. The third-order valence-electron chi connectivity index (χ3n) is 3.12. The molecule has 0 aliphatic heterocycles. The number of unbranched alkanes of at least 4 members (excludes halogenated alkanes) is 2. The summed E-state index contributed by atoms with van der Waals surface area (Å²) in [6, 6.07) is 0. The monoisotopic (exact) mass is 199 g/mol. The van der Waals surface area contributed by atoms with Gasteiger partial charge in [0.1, 0.15) is 0 Å². The van der Waals surface area contributed by atoms with E-state index in [9.17, 15) is 4.79 Å². The minimum absolute atomic E-state index is 0.0673. The lowest BCUT2D eigenvalue weighted by Crippen LogP contribution is -2.45. The van der Waals surface area contributed by atoms with E-state index in [0.29, 0.717) is 13.2 Å². The van der Waals surface area contributed by atoms with Crippen LogP contribution in [0.2, 0.25) is 0 Å². The Hall–Kier alpha value is -0.570. The highest BCUT2D eigenvalue weighted by molar-refractivity contribution is 5.78. The van der Waals surface area contributed by atoms with Crippen molar-refractivity contribution < 1.29 is 9.53 Å². The van der Waals surface area contributed by atoms with Crippen molar-refractivity contribution in [3.63, 3.8) is 0 Å². The second-order valence-electron chi connectivity index (χ2n) is 4.18. The maximum atomic E-state index is 11.6. The van der Waals surface area contributed by atoms with E-state index in [1.165, 1.54) is 0 Å². The summed E-state index contributed by atoms with van der Waals surface area (Å²) in [6.45, 7) is 3.14. The molecule has 0 saturated heterocycles. The van der Waals surface area contributed by atoms with E-state index < -0.39 is 0 Å². The molecular weight excluding hydrogens is 178 g/mol. The zero-order valence-corrected chi connectivity index (χ0v) is 9.05. The highest BCUT2D eigenvalue weighted by Crippen LogP contribution is 2.40. The van der Waals surface area contributed by atoms with Gasteiger partial charge in [-0.05, 0) is 19.3 Å². The highest BCUT2D eigenvalue weighted by Gasteiger charge is 2.44. The number of hydrogen-bond donors (Lipinski definition) is 1. The van der Waals surface area contributed by atoms with Crippen molar-refractivity contribution in [2.24, 2.45) is 11.1 Å². The minimum atomic E-state index is -0.313. The molecule has 0 unspecified atom stereocenters. The first-order valence-corrected chi connectivity index (χ1v) is 5.62. The molecule has 1 saturated carbocycles. The van der Waals surface area contributed by atoms with Gasteiger partial charge in [-0.25, -0.2) is 0 Å². The third-order valence-corrected chi connectivity index (χ3v) is 3.12. The van der Waals surface area contributed by atoms with E-state index in [1.807, 2.05) is 0 Å². The molecule has 0 spiro atoms. The summed E-state index contributed by atoms with van der Waals surface area (Å²) < 4.78 is 5.22.